The molecule has 10 nitrogen and oxygen atoms in total. The van der Waals surface area contributed by atoms with Gasteiger partial charge in [0.05, 0.1) is 85.9 Å². The largest absolute Gasteiger partial charge is 0.448 e. The van der Waals surface area contributed by atoms with E-state index in [-0.39, 0.29) is 12.0 Å². The lowest BCUT2D eigenvalue weighted by atomic mass is 9.98. The van der Waals surface area contributed by atoms with Crippen LogP contribution in [0.15, 0.2) is 48.5 Å². The summed E-state index contributed by atoms with van der Waals surface area (Å²) >= 11 is 0. The monoisotopic (exact) mass is 589 g/mol. The van der Waals surface area contributed by atoms with Gasteiger partial charge in [-0.3, -0.25) is 0 Å². The highest BCUT2D eigenvalue weighted by molar-refractivity contribution is 5.79. The average molecular weight is 590 g/mol. The maximum Gasteiger partial charge on any atom is 0.409 e. The fourth-order valence-electron chi connectivity index (χ4n) is 4.46. The minimum absolute atomic E-state index is 0.0477. The quantitative estimate of drug-likeness (QED) is 0.168. The third-order valence-corrected chi connectivity index (χ3v) is 6.65. The summed E-state index contributed by atoms with van der Waals surface area (Å²) < 4.78 is 43.7. The Morgan fingerprint density at radius 2 is 0.976 bits per heavy atom. The van der Waals surface area contributed by atoms with Crippen LogP contribution in [0.4, 0.5) is 4.79 Å². The van der Waals surface area contributed by atoms with Gasteiger partial charge in [0, 0.05) is 26.1 Å². The van der Waals surface area contributed by atoms with Crippen molar-refractivity contribution in [2.75, 3.05) is 113 Å². The molecule has 10 heteroatoms. The minimum Gasteiger partial charge on any atom is -0.448 e. The van der Waals surface area contributed by atoms with Crippen LogP contribution in [0.1, 0.15) is 24.0 Å². The van der Waals surface area contributed by atoms with Crippen LogP contribution < -0.4 is 0 Å². The number of ether oxygens (including phenoxy) is 8. The van der Waals surface area contributed by atoms with Crippen LogP contribution in [0, 0.1) is 0 Å². The van der Waals surface area contributed by atoms with Gasteiger partial charge in [-0.2, -0.15) is 0 Å². The lowest BCUT2D eigenvalue weighted by Gasteiger charge is -2.19. The molecule has 234 valence electrons. The van der Waals surface area contributed by atoms with Gasteiger partial charge in [-0.1, -0.05) is 48.5 Å². The predicted octanol–water partition coefficient (Wildman–Crippen LogP) is 4.00. The molecule has 0 saturated carbocycles. The minimum atomic E-state index is -0.357. The molecular formula is C32H47NO9. The molecule has 0 heterocycles. The summed E-state index contributed by atoms with van der Waals surface area (Å²) in [7, 11) is 1.72. The third-order valence-electron chi connectivity index (χ3n) is 6.65. The summed E-state index contributed by atoms with van der Waals surface area (Å²) in [5.41, 5.74) is 4.82. The van der Waals surface area contributed by atoms with Gasteiger partial charge in [0.1, 0.15) is 6.61 Å². The molecule has 2 aromatic rings. The Morgan fingerprint density at radius 1 is 0.595 bits per heavy atom. The predicted molar refractivity (Wildman–Crippen MR) is 159 cm³/mol. The fraction of sp³-hybridized carbons (Fsp3) is 0.594. The highest BCUT2D eigenvalue weighted by Crippen LogP contribution is 2.44. The van der Waals surface area contributed by atoms with Crippen molar-refractivity contribution in [3.8, 4) is 11.1 Å². The number of carbonyl (C=O) groups excluding carboxylic acids is 1. The zero-order chi connectivity index (χ0) is 29.7. The van der Waals surface area contributed by atoms with E-state index in [0.29, 0.717) is 106 Å². The number of carbonyl (C=O) groups is 1. The molecule has 0 saturated heterocycles. The van der Waals surface area contributed by atoms with Crippen molar-refractivity contribution >= 4 is 6.09 Å². The molecule has 0 radical (unpaired) electrons. The van der Waals surface area contributed by atoms with E-state index >= 15 is 0 Å². The van der Waals surface area contributed by atoms with E-state index in [4.69, 9.17) is 37.9 Å². The first-order valence-electron chi connectivity index (χ1n) is 14.8. The summed E-state index contributed by atoms with van der Waals surface area (Å²) in [4.78, 5) is 14.1. The van der Waals surface area contributed by atoms with Gasteiger partial charge in [-0.25, -0.2) is 4.79 Å². The zero-order valence-electron chi connectivity index (χ0n) is 25.1. The second-order valence-corrected chi connectivity index (χ2v) is 9.60. The average Bonchev–Trinajstić information content (AvgIpc) is 3.34. The highest BCUT2D eigenvalue weighted by Gasteiger charge is 2.29. The van der Waals surface area contributed by atoms with Gasteiger partial charge >= 0.3 is 6.09 Å². The van der Waals surface area contributed by atoms with Crippen molar-refractivity contribution in [3.05, 3.63) is 59.7 Å². The molecule has 0 unspecified atom stereocenters. The summed E-state index contributed by atoms with van der Waals surface area (Å²) in [5.74, 6) is 0.0477. The normalized spacial score (nSPS) is 12.3. The first kappa shape index (κ1) is 33.9. The number of nitrogens with zero attached hydrogens (tertiary/aromatic N) is 1. The fourth-order valence-corrected chi connectivity index (χ4v) is 4.46. The first-order chi connectivity index (χ1) is 20.7. The molecule has 0 spiro atoms. The molecule has 2 aromatic carbocycles. The van der Waals surface area contributed by atoms with Crippen molar-refractivity contribution in [2.24, 2.45) is 0 Å². The summed E-state index contributed by atoms with van der Waals surface area (Å²) in [6.45, 7) is 10.0. The van der Waals surface area contributed by atoms with Crippen LogP contribution >= 0.6 is 0 Å². The van der Waals surface area contributed by atoms with E-state index in [9.17, 15) is 4.79 Å². The number of benzene rings is 2. The van der Waals surface area contributed by atoms with Gasteiger partial charge in [0.2, 0.25) is 0 Å². The topological polar surface area (TPSA) is 94.2 Å². The van der Waals surface area contributed by atoms with Crippen LogP contribution in [0.5, 0.6) is 0 Å². The van der Waals surface area contributed by atoms with Gasteiger partial charge in [-0.15, -0.1) is 0 Å². The van der Waals surface area contributed by atoms with Crippen molar-refractivity contribution in [1.29, 1.82) is 0 Å². The Bertz CT molecular complexity index is 960. The second kappa shape index (κ2) is 21.2. The lowest BCUT2D eigenvalue weighted by Crippen LogP contribution is -2.32. The number of hydrogen-bond donors (Lipinski definition) is 0. The Kier molecular flexibility index (Phi) is 17.1. The molecule has 1 aliphatic rings. The van der Waals surface area contributed by atoms with E-state index in [0.717, 1.165) is 0 Å². The van der Waals surface area contributed by atoms with Crippen LogP contribution in [-0.4, -0.2) is 124 Å². The molecule has 1 amide bonds. The summed E-state index contributed by atoms with van der Waals surface area (Å²) in [6.07, 6.45) is -0.357. The van der Waals surface area contributed by atoms with Gasteiger partial charge in [0.25, 0.3) is 0 Å². The SMILES string of the molecule is CCOCCOCCOCCOCCOCCOCCOCCN(C)C(=O)OCC1c2ccccc2-c2ccccc21. The van der Waals surface area contributed by atoms with Crippen molar-refractivity contribution in [2.45, 2.75) is 12.8 Å². The number of hydrogen-bond acceptors (Lipinski definition) is 9. The third kappa shape index (κ3) is 12.3. The number of likely N-dealkylation sites (N-methyl/N-ethyl adjacent to an activating group) is 1. The number of rotatable bonds is 24. The number of fused-ring (bicyclic) bond motifs is 3. The van der Waals surface area contributed by atoms with E-state index in [1.807, 2.05) is 31.2 Å². The first-order valence-corrected chi connectivity index (χ1v) is 14.8. The van der Waals surface area contributed by atoms with E-state index in [1.165, 1.54) is 27.2 Å². The van der Waals surface area contributed by atoms with E-state index in [1.54, 1.807) is 7.05 Å². The molecule has 0 aromatic heterocycles. The zero-order valence-corrected chi connectivity index (χ0v) is 25.1. The van der Waals surface area contributed by atoms with E-state index < -0.39 is 0 Å². The Hall–Kier alpha value is -2.57. The van der Waals surface area contributed by atoms with Crippen LogP contribution in [0.25, 0.3) is 11.1 Å². The van der Waals surface area contributed by atoms with Crippen LogP contribution in [0.2, 0.25) is 0 Å². The summed E-state index contributed by atoms with van der Waals surface area (Å²) in [6, 6.07) is 16.6. The van der Waals surface area contributed by atoms with Crippen molar-refractivity contribution in [1.82, 2.24) is 4.90 Å². The molecule has 0 atom stereocenters. The van der Waals surface area contributed by atoms with Crippen molar-refractivity contribution in [3.63, 3.8) is 0 Å². The van der Waals surface area contributed by atoms with Gasteiger partial charge < -0.3 is 42.8 Å². The smallest absolute Gasteiger partial charge is 0.409 e. The maximum atomic E-state index is 12.6. The second-order valence-electron chi connectivity index (χ2n) is 9.60. The molecule has 0 aliphatic heterocycles. The molecule has 3 rings (SSSR count). The molecule has 0 bridgehead atoms. The van der Waals surface area contributed by atoms with Crippen LogP contribution in [0.3, 0.4) is 0 Å². The van der Waals surface area contributed by atoms with Gasteiger partial charge in [0.15, 0.2) is 0 Å². The number of amides is 1. The summed E-state index contributed by atoms with van der Waals surface area (Å²) in [5, 5.41) is 0. The van der Waals surface area contributed by atoms with Crippen LogP contribution in [-0.2, 0) is 37.9 Å². The Labute approximate surface area is 250 Å². The standard InChI is InChI=1S/C32H47NO9/c1-3-35-14-15-37-18-19-39-22-23-41-25-24-40-21-20-38-17-16-36-13-12-33(2)32(34)42-26-31-29-10-6-4-8-27(29)28-9-5-7-11-30(28)31/h4-11,31H,3,12-26H2,1-2H3. The maximum absolute atomic E-state index is 12.6. The Morgan fingerprint density at radius 3 is 1.40 bits per heavy atom. The van der Waals surface area contributed by atoms with Gasteiger partial charge in [-0.05, 0) is 29.2 Å². The molecule has 0 fully saturated rings. The highest BCUT2D eigenvalue weighted by atomic mass is 16.6. The van der Waals surface area contributed by atoms with Crippen molar-refractivity contribution < 1.29 is 42.7 Å². The lowest BCUT2D eigenvalue weighted by molar-refractivity contribution is -0.0205. The molecule has 42 heavy (non-hydrogen) atoms. The van der Waals surface area contributed by atoms with E-state index in [2.05, 4.69) is 24.3 Å². The Balaban J connectivity index is 1.09. The molecular weight excluding hydrogens is 542 g/mol. The molecule has 1 aliphatic carbocycles. The molecule has 0 N–H and O–H groups in total.